The number of nitrogens with one attached hydrogen (secondary N) is 2. The van der Waals surface area contributed by atoms with Gasteiger partial charge in [0, 0.05) is 22.2 Å². The van der Waals surface area contributed by atoms with E-state index in [1.165, 1.54) is 0 Å². The molecule has 23 heavy (non-hydrogen) atoms. The van der Waals surface area contributed by atoms with E-state index in [1.807, 2.05) is 18.2 Å². The Balaban J connectivity index is 1.71. The van der Waals surface area contributed by atoms with Crippen molar-refractivity contribution < 1.29 is 9.59 Å². The van der Waals surface area contributed by atoms with E-state index >= 15 is 0 Å². The number of halogens is 2. The maximum Gasteiger partial charge on any atom is 0.243 e. The Morgan fingerprint density at radius 1 is 0.913 bits per heavy atom. The summed E-state index contributed by atoms with van der Waals surface area (Å²) in [6, 6.07) is 14.1. The molecule has 0 aromatic heterocycles. The summed E-state index contributed by atoms with van der Waals surface area (Å²) in [7, 11) is 0. The zero-order valence-corrected chi connectivity index (χ0v) is 13.8. The van der Waals surface area contributed by atoms with Gasteiger partial charge in [0.25, 0.3) is 0 Å². The quantitative estimate of drug-likeness (QED) is 0.834. The fourth-order valence-electron chi connectivity index (χ4n) is 1.96. The molecule has 0 atom stereocenters. The molecule has 120 valence electrons. The van der Waals surface area contributed by atoms with Gasteiger partial charge in [-0.1, -0.05) is 35.3 Å². The zero-order chi connectivity index (χ0) is 16.7. The number of amides is 2. The first kappa shape index (κ1) is 17.3. The molecule has 0 aliphatic rings. The van der Waals surface area contributed by atoms with Gasteiger partial charge < -0.3 is 10.6 Å². The molecule has 6 heteroatoms. The summed E-state index contributed by atoms with van der Waals surface area (Å²) in [6.45, 7) is -0.0724. The van der Waals surface area contributed by atoms with Crippen LogP contribution in [0, 0.1) is 0 Å². The van der Waals surface area contributed by atoms with E-state index in [0.29, 0.717) is 28.6 Å². The van der Waals surface area contributed by atoms with E-state index in [0.717, 1.165) is 5.56 Å². The molecular weight excluding hydrogens is 335 g/mol. The topological polar surface area (TPSA) is 58.2 Å². The van der Waals surface area contributed by atoms with E-state index in [-0.39, 0.29) is 18.4 Å². The third kappa shape index (κ3) is 6.30. The number of hydrogen-bond donors (Lipinski definition) is 2. The number of hydrogen-bond acceptors (Lipinski definition) is 2. The zero-order valence-electron chi connectivity index (χ0n) is 12.3. The van der Waals surface area contributed by atoms with Crippen LogP contribution in [0.15, 0.2) is 48.5 Å². The van der Waals surface area contributed by atoms with Crippen LogP contribution in [0.4, 0.5) is 5.69 Å². The van der Waals surface area contributed by atoms with Gasteiger partial charge >= 0.3 is 0 Å². The molecule has 2 amide bonds. The smallest absolute Gasteiger partial charge is 0.243 e. The summed E-state index contributed by atoms with van der Waals surface area (Å²) in [4.78, 5) is 23.5. The molecule has 0 aliphatic carbocycles. The Kier molecular flexibility index (Phi) is 6.44. The van der Waals surface area contributed by atoms with Crippen molar-refractivity contribution in [2.24, 2.45) is 0 Å². The standard InChI is InChI=1S/C17H16Cl2N2O2/c18-13-5-7-15(8-6-13)21-17(23)11-20-16(22)9-4-12-2-1-3-14(19)10-12/h1-3,5-8,10H,4,9,11H2,(H,20,22)(H,21,23). The van der Waals surface area contributed by atoms with Crippen LogP contribution < -0.4 is 10.6 Å². The molecule has 0 aliphatic heterocycles. The summed E-state index contributed by atoms with van der Waals surface area (Å²) in [5.41, 5.74) is 1.62. The predicted molar refractivity (Wildman–Crippen MR) is 92.9 cm³/mol. The Labute approximate surface area is 144 Å². The highest BCUT2D eigenvalue weighted by Gasteiger charge is 2.06. The fraction of sp³-hybridized carbons (Fsp3) is 0.176. The molecule has 0 heterocycles. The van der Waals surface area contributed by atoms with Gasteiger partial charge in [-0.3, -0.25) is 9.59 Å². The number of aryl methyl sites for hydroxylation is 1. The van der Waals surface area contributed by atoms with Gasteiger partial charge in [-0.25, -0.2) is 0 Å². The maximum absolute atomic E-state index is 11.8. The monoisotopic (exact) mass is 350 g/mol. The van der Waals surface area contributed by atoms with E-state index in [2.05, 4.69) is 10.6 Å². The van der Waals surface area contributed by atoms with E-state index in [9.17, 15) is 9.59 Å². The Bertz CT molecular complexity index is 687. The maximum atomic E-state index is 11.8. The van der Waals surface area contributed by atoms with Crippen LogP contribution in [-0.4, -0.2) is 18.4 Å². The number of benzene rings is 2. The van der Waals surface area contributed by atoms with Crippen molar-refractivity contribution in [1.29, 1.82) is 0 Å². The lowest BCUT2D eigenvalue weighted by Gasteiger charge is -2.07. The number of carbonyl (C=O) groups excluding carboxylic acids is 2. The second-order valence-corrected chi connectivity index (χ2v) is 5.83. The average Bonchev–Trinajstić information content (AvgIpc) is 2.53. The van der Waals surface area contributed by atoms with Crippen LogP contribution in [0.2, 0.25) is 10.0 Å². The van der Waals surface area contributed by atoms with Crippen LogP contribution in [0.25, 0.3) is 0 Å². The van der Waals surface area contributed by atoms with Crippen molar-refractivity contribution in [1.82, 2.24) is 5.32 Å². The molecule has 0 spiro atoms. The van der Waals surface area contributed by atoms with Gasteiger partial charge in [0.2, 0.25) is 11.8 Å². The molecule has 2 aromatic carbocycles. The van der Waals surface area contributed by atoms with E-state index in [4.69, 9.17) is 23.2 Å². The highest BCUT2D eigenvalue weighted by atomic mass is 35.5. The van der Waals surface area contributed by atoms with Crippen molar-refractivity contribution >= 4 is 40.7 Å². The first-order valence-corrected chi connectivity index (χ1v) is 7.85. The summed E-state index contributed by atoms with van der Waals surface area (Å²) in [6.07, 6.45) is 0.875. The normalized spacial score (nSPS) is 10.2. The predicted octanol–water partition coefficient (Wildman–Crippen LogP) is 3.68. The molecular formula is C17H16Cl2N2O2. The van der Waals surface area contributed by atoms with Gasteiger partial charge in [0.05, 0.1) is 6.54 Å². The van der Waals surface area contributed by atoms with Gasteiger partial charge in [0.1, 0.15) is 0 Å². The minimum atomic E-state index is -0.288. The van der Waals surface area contributed by atoms with Gasteiger partial charge in [-0.15, -0.1) is 0 Å². The number of carbonyl (C=O) groups is 2. The van der Waals surface area contributed by atoms with Crippen LogP contribution in [0.5, 0.6) is 0 Å². The van der Waals surface area contributed by atoms with Crippen molar-refractivity contribution in [3.63, 3.8) is 0 Å². The van der Waals surface area contributed by atoms with Crippen molar-refractivity contribution in [2.75, 3.05) is 11.9 Å². The second kappa shape index (κ2) is 8.56. The molecule has 4 nitrogen and oxygen atoms in total. The van der Waals surface area contributed by atoms with Crippen LogP contribution in [0.1, 0.15) is 12.0 Å². The highest BCUT2D eigenvalue weighted by Crippen LogP contribution is 2.13. The second-order valence-electron chi connectivity index (χ2n) is 4.96. The minimum Gasteiger partial charge on any atom is -0.347 e. The molecule has 0 radical (unpaired) electrons. The molecule has 2 rings (SSSR count). The number of rotatable bonds is 6. The largest absolute Gasteiger partial charge is 0.347 e. The van der Waals surface area contributed by atoms with Crippen molar-refractivity contribution in [3.8, 4) is 0 Å². The summed E-state index contributed by atoms with van der Waals surface area (Å²) < 4.78 is 0. The van der Waals surface area contributed by atoms with E-state index in [1.54, 1.807) is 30.3 Å². The third-order valence-corrected chi connectivity index (χ3v) is 3.59. The lowest BCUT2D eigenvalue weighted by molar-refractivity contribution is -0.124. The molecule has 0 bridgehead atoms. The van der Waals surface area contributed by atoms with Crippen molar-refractivity contribution in [3.05, 3.63) is 64.1 Å². The molecule has 0 saturated carbocycles. The minimum absolute atomic E-state index is 0.0724. The van der Waals surface area contributed by atoms with Gasteiger partial charge in [-0.05, 0) is 48.4 Å². The molecule has 0 fully saturated rings. The van der Waals surface area contributed by atoms with Crippen LogP contribution >= 0.6 is 23.2 Å². The highest BCUT2D eigenvalue weighted by molar-refractivity contribution is 6.30. The first-order chi connectivity index (χ1) is 11.0. The Hall–Kier alpha value is -2.04. The van der Waals surface area contributed by atoms with Crippen LogP contribution in [-0.2, 0) is 16.0 Å². The molecule has 2 N–H and O–H groups in total. The average molecular weight is 351 g/mol. The molecule has 0 saturated heterocycles. The third-order valence-electron chi connectivity index (χ3n) is 3.10. The van der Waals surface area contributed by atoms with Crippen molar-refractivity contribution in [2.45, 2.75) is 12.8 Å². The van der Waals surface area contributed by atoms with Crippen LogP contribution in [0.3, 0.4) is 0 Å². The van der Waals surface area contributed by atoms with Gasteiger partial charge in [0.15, 0.2) is 0 Å². The summed E-state index contributed by atoms with van der Waals surface area (Å²) in [5, 5.41) is 6.50. The van der Waals surface area contributed by atoms with E-state index < -0.39 is 0 Å². The Morgan fingerprint density at radius 2 is 1.65 bits per heavy atom. The lowest BCUT2D eigenvalue weighted by atomic mass is 10.1. The number of anilines is 1. The molecule has 2 aromatic rings. The summed E-state index contributed by atoms with van der Waals surface area (Å²) in [5.74, 6) is -0.473. The lowest BCUT2D eigenvalue weighted by Crippen LogP contribution is -2.32. The van der Waals surface area contributed by atoms with Gasteiger partial charge in [-0.2, -0.15) is 0 Å². The fourth-order valence-corrected chi connectivity index (χ4v) is 2.29. The first-order valence-electron chi connectivity index (χ1n) is 7.09. The molecule has 0 unspecified atom stereocenters. The summed E-state index contributed by atoms with van der Waals surface area (Å²) >= 11 is 11.7. The Morgan fingerprint density at radius 3 is 2.35 bits per heavy atom. The SMILES string of the molecule is O=C(CCc1cccc(Cl)c1)NCC(=O)Nc1ccc(Cl)cc1.